The molecular formula is C83H142NO8P. The lowest BCUT2D eigenvalue weighted by atomic mass is 10.0. The highest BCUT2D eigenvalue weighted by atomic mass is 31.2. The smallest absolute Gasteiger partial charge is 0.306 e. The number of ether oxygens (including phenoxy) is 2. The molecule has 0 aliphatic carbocycles. The van der Waals surface area contributed by atoms with E-state index in [1.54, 1.807) is 0 Å². The van der Waals surface area contributed by atoms with E-state index < -0.39 is 32.5 Å². The lowest BCUT2D eigenvalue weighted by Gasteiger charge is -2.28. The summed E-state index contributed by atoms with van der Waals surface area (Å²) in [6.45, 7) is 4.10. The number of quaternary nitrogens is 1. The van der Waals surface area contributed by atoms with Gasteiger partial charge in [-0.25, -0.2) is 0 Å². The number of phosphoric ester groups is 1. The molecule has 0 saturated heterocycles. The average molecular weight is 1310 g/mol. The topological polar surface area (TPSA) is 111 Å². The van der Waals surface area contributed by atoms with Crippen LogP contribution in [0.2, 0.25) is 0 Å². The Balaban J connectivity index is 4.14. The molecule has 9 nitrogen and oxygen atoms in total. The van der Waals surface area contributed by atoms with E-state index in [0.29, 0.717) is 17.4 Å². The first-order valence-electron chi connectivity index (χ1n) is 38.0. The van der Waals surface area contributed by atoms with Crippen LogP contribution in [-0.4, -0.2) is 70.0 Å². The SMILES string of the molecule is CC/C=C\C/C=C\C/C=C\C/C=C\C/C=C\C/C=C\C/C=C\C/C=C\C/C=C\C/C=C\C/C=C\C/C=C\CCCCC(=O)OC(COC(=O)CCCCCCCCCCCCCCCCCCCCCCCCCCCCCCCC)COP(=O)([O-])OCC[N+](C)(C)C. The summed E-state index contributed by atoms with van der Waals surface area (Å²) >= 11 is 0. The van der Waals surface area contributed by atoms with Gasteiger partial charge in [0.1, 0.15) is 19.8 Å². The Kier molecular flexibility index (Phi) is 69.0. The second-order valence-electron chi connectivity index (χ2n) is 26.3. The second-order valence-corrected chi connectivity index (χ2v) is 27.7. The van der Waals surface area contributed by atoms with E-state index in [0.717, 1.165) is 109 Å². The van der Waals surface area contributed by atoms with Crippen LogP contribution in [0, 0.1) is 0 Å². The van der Waals surface area contributed by atoms with Gasteiger partial charge in [-0.15, -0.1) is 0 Å². The van der Waals surface area contributed by atoms with Crippen LogP contribution in [0.5, 0.6) is 0 Å². The van der Waals surface area contributed by atoms with Gasteiger partial charge in [0, 0.05) is 12.8 Å². The molecule has 10 heteroatoms. The number of unbranched alkanes of at least 4 members (excludes halogenated alkanes) is 31. The zero-order valence-electron chi connectivity index (χ0n) is 60.7. The highest BCUT2D eigenvalue weighted by Crippen LogP contribution is 2.38. The van der Waals surface area contributed by atoms with Crippen molar-refractivity contribution in [3.63, 3.8) is 0 Å². The molecule has 0 aliphatic heterocycles. The normalized spacial score (nSPS) is 13.9. The van der Waals surface area contributed by atoms with E-state index in [2.05, 4.69) is 160 Å². The van der Waals surface area contributed by atoms with Gasteiger partial charge in [-0.3, -0.25) is 14.2 Å². The fourth-order valence-electron chi connectivity index (χ4n) is 10.3. The van der Waals surface area contributed by atoms with Crippen molar-refractivity contribution in [3.05, 3.63) is 146 Å². The summed E-state index contributed by atoms with van der Waals surface area (Å²) in [6, 6.07) is 0. The van der Waals surface area contributed by atoms with E-state index in [1.807, 2.05) is 21.1 Å². The molecule has 0 aromatic carbocycles. The fraction of sp³-hybridized carbons (Fsp3) is 0.687. The summed E-state index contributed by atoms with van der Waals surface area (Å²) in [5.41, 5.74) is 0. The molecule has 0 bridgehead atoms. The Morgan fingerprint density at radius 1 is 0.344 bits per heavy atom. The number of rotatable bonds is 69. The van der Waals surface area contributed by atoms with E-state index in [9.17, 15) is 19.0 Å². The fourth-order valence-corrected chi connectivity index (χ4v) is 11.1. The summed E-state index contributed by atoms with van der Waals surface area (Å²) in [6.07, 6.45) is 107. The molecule has 93 heavy (non-hydrogen) atoms. The Morgan fingerprint density at radius 3 is 0.914 bits per heavy atom. The Morgan fingerprint density at radius 2 is 0.613 bits per heavy atom. The number of nitrogens with zero attached hydrogens (tertiary/aromatic N) is 1. The third-order valence-electron chi connectivity index (χ3n) is 16.1. The van der Waals surface area contributed by atoms with Gasteiger partial charge >= 0.3 is 11.9 Å². The Bertz CT molecular complexity index is 2080. The van der Waals surface area contributed by atoms with Crippen molar-refractivity contribution in [1.29, 1.82) is 0 Å². The van der Waals surface area contributed by atoms with Gasteiger partial charge in [0.25, 0.3) is 7.82 Å². The molecular weight excluding hydrogens is 1170 g/mol. The number of hydrogen-bond donors (Lipinski definition) is 0. The predicted molar refractivity (Wildman–Crippen MR) is 401 cm³/mol. The molecule has 0 rings (SSSR count). The largest absolute Gasteiger partial charge is 0.756 e. The van der Waals surface area contributed by atoms with Gasteiger partial charge < -0.3 is 27.9 Å². The number of carbonyl (C=O) groups excluding carboxylic acids is 2. The van der Waals surface area contributed by atoms with Gasteiger partial charge in [-0.2, -0.15) is 0 Å². The maximum Gasteiger partial charge on any atom is 0.306 e. The number of carbonyl (C=O) groups is 2. The molecule has 0 fully saturated rings. The lowest BCUT2D eigenvalue weighted by Crippen LogP contribution is -2.37. The van der Waals surface area contributed by atoms with Crippen LogP contribution in [0.4, 0.5) is 0 Å². The van der Waals surface area contributed by atoms with Gasteiger partial charge in [0.2, 0.25) is 0 Å². The monoisotopic (exact) mass is 1310 g/mol. The minimum atomic E-state index is -4.67. The molecule has 0 spiro atoms. The van der Waals surface area contributed by atoms with Crippen molar-refractivity contribution < 1.29 is 42.1 Å². The van der Waals surface area contributed by atoms with Gasteiger partial charge in [-0.05, 0) is 103 Å². The van der Waals surface area contributed by atoms with E-state index in [-0.39, 0.29) is 26.1 Å². The summed E-state index contributed by atoms with van der Waals surface area (Å²) in [4.78, 5) is 38.1. The van der Waals surface area contributed by atoms with Crippen molar-refractivity contribution in [3.8, 4) is 0 Å². The predicted octanol–water partition coefficient (Wildman–Crippen LogP) is 24.7. The van der Waals surface area contributed by atoms with E-state index in [4.69, 9.17) is 18.5 Å². The number of phosphoric acid groups is 1. The summed E-state index contributed by atoms with van der Waals surface area (Å²) in [5, 5.41) is 0. The van der Waals surface area contributed by atoms with Crippen LogP contribution in [-0.2, 0) is 32.7 Å². The zero-order valence-corrected chi connectivity index (χ0v) is 61.6. The van der Waals surface area contributed by atoms with Gasteiger partial charge in [0.05, 0.1) is 27.7 Å². The maximum absolute atomic E-state index is 12.9. The standard InChI is InChI=1S/C83H142NO8P/c1-6-8-10-12-14-16-18-20-22-24-26-28-30-32-34-36-38-39-40-41-42-43-44-45-46-48-50-52-54-56-58-60-62-64-66-68-70-72-74-76-83(86)92-81(80-91-93(87,88)90-78-77-84(3,4)5)79-89-82(85)75-73-71-69-67-65-63-61-59-57-55-53-51-49-47-37-35-33-31-29-27-25-23-21-19-17-15-13-11-9-7-2/h8,10,14,16,20,22,26,28,32,34,38-39,41-42,44-45,48,50,54,56,60,62,66,68,81H,6-7,9,11-13,15,17-19,21,23-25,27,29-31,33,35-37,40,43,46-47,49,51-53,55,57-59,61,63-65,67,69-80H2,1-5H3/b10-8-,16-14-,22-20-,28-26-,34-32-,39-38-,42-41-,45-44-,50-48-,56-54-,62-60-,68-66-. The Labute approximate surface area is 573 Å². The van der Waals surface area contributed by atoms with Crippen molar-refractivity contribution in [2.45, 2.75) is 322 Å². The minimum absolute atomic E-state index is 0.0453. The van der Waals surface area contributed by atoms with E-state index >= 15 is 0 Å². The number of hydrogen-bond acceptors (Lipinski definition) is 8. The summed E-state index contributed by atoms with van der Waals surface area (Å²) in [7, 11) is 1.13. The van der Waals surface area contributed by atoms with Crippen LogP contribution in [0.25, 0.3) is 0 Å². The molecule has 0 N–H and O–H groups in total. The average Bonchev–Trinajstić information content (AvgIpc) is 2.01. The molecule has 532 valence electrons. The van der Waals surface area contributed by atoms with E-state index in [1.165, 1.54) is 173 Å². The molecule has 0 aromatic heterocycles. The molecule has 0 amide bonds. The first-order chi connectivity index (χ1) is 45.5. The quantitative estimate of drug-likeness (QED) is 0.0195. The molecule has 0 aliphatic rings. The number of allylic oxidation sites excluding steroid dienone is 24. The van der Waals surface area contributed by atoms with Crippen LogP contribution in [0.15, 0.2) is 146 Å². The van der Waals surface area contributed by atoms with Crippen molar-refractivity contribution in [2.24, 2.45) is 0 Å². The maximum atomic E-state index is 12.9. The minimum Gasteiger partial charge on any atom is -0.756 e. The van der Waals surface area contributed by atoms with Gasteiger partial charge in [0.15, 0.2) is 6.10 Å². The molecule has 0 radical (unpaired) electrons. The third-order valence-corrected chi connectivity index (χ3v) is 17.1. The van der Waals surface area contributed by atoms with Crippen LogP contribution in [0.3, 0.4) is 0 Å². The molecule has 2 atom stereocenters. The molecule has 0 heterocycles. The lowest BCUT2D eigenvalue weighted by molar-refractivity contribution is -0.870. The van der Waals surface area contributed by atoms with Crippen molar-refractivity contribution >= 4 is 19.8 Å². The van der Waals surface area contributed by atoms with Crippen LogP contribution < -0.4 is 4.89 Å². The van der Waals surface area contributed by atoms with Crippen molar-refractivity contribution in [1.82, 2.24) is 0 Å². The second kappa shape index (κ2) is 72.2. The molecule has 2 unspecified atom stereocenters. The molecule has 0 aromatic rings. The van der Waals surface area contributed by atoms with Crippen LogP contribution >= 0.6 is 7.82 Å². The number of likely N-dealkylation sites (N-methyl/N-ethyl adjacent to an activating group) is 1. The number of esters is 2. The molecule has 0 saturated carbocycles. The van der Waals surface area contributed by atoms with Crippen LogP contribution in [0.1, 0.15) is 316 Å². The zero-order chi connectivity index (χ0) is 67.6. The summed E-state index contributed by atoms with van der Waals surface area (Å²) < 4.78 is 34.3. The highest BCUT2D eigenvalue weighted by molar-refractivity contribution is 7.45. The summed E-state index contributed by atoms with van der Waals surface area (Å²) in [5.74, 6) is -0.883. The first kappa shape index (κ1) is 88.9. The van der Waals surface area contributed by atoms with Crippen molar-refractivity contribution in [2.75, 3.05) is 47.5 Å². The first-order valence-corrected chi connectivity index (χ1v) is 39.5. The highest BCUT2D eigenvalue weighted by Gasteiger charge is 2.22. The van der Waals surface area contributed by atoms with Gasteiger partial charge in [-0.1, -0.05) is 346 Å². The Hall–Kier alpha value is -4.11. The third kappa shape index (κ3) is 76.8.